The van der Waals surface area contributed by atoms with E-state index >= 15 is 0 Å². The van der Waals surface area contributed by atoms with E-state index < -0.39 is 11.7 Å². The van der Waals surface area contributed by atoms with Crippen LogP contribution in [0.15, 0.2) is 46.9 Å². The first-order valence-corrected chi connectivity index (χ1v) is 7.89. The number of halogens is 3. The molecule has 0 unspecified atom stereocenters. The molecule has 20 heavy (non-hydrogen) atoms. The van der Waals surface area contributed by atoms with Crippen LogP contribution in [-0.4, -0.2) is 5.91 Å². The molecule has 0 aromatic heterocycles. The van der Waals surface area contributed by atoms with Crippen LogP contribution in [0, 0.1) is 5.82 Å². The van der Waals surface area contributed by atoms with Gasteiger partial charge in [0.1, 0.15) is 5.82 Å². The van der Waals surface area contributed by atoms with Crippen LogP contribution in [0.4, 0.5) is 4.39 Å². The van der Waals surface area contributed by atoms with Crippen molar-refractivity contribution < 1.29 is 9.18 Å². The summed E-state index contributed by atoms with van der Waals surface area (Å²) in [4.78, 5) is 12.0. The number of carbonyl (C=O) groups is 1. The monoisotopic (exact) mass is 399 g/mol. The fourth-order valence-electron chi connectivity index (χ4n) is 1.73. The SMILES string of the molecule is O=C(NCc1ccc(CBr)cc1)c1c(F)cccc1Br. The summed E-state index contributed by atoms with van der Waals surface area (Å²) in [5.41, 5.74) is 2.16. The van der Waals surface area contributed by atoms with Gasteiger partial charge in [-0.2, -0.15) is 0 Å². The lowest BCUT2D eigenvalue weighted by atomic mass is 10.1. The Morgan fingerprint density at radius 2 is 1.75 bits per heavy atom. The average Bonchev–Trinajstić information content (AvgIpc) is 2.45. The summed E-state index contributed by atoms with van der Waals surface area (Å²) in [5.74, 6) is -0.967. The van der Waals surface area contributed by atoms with Crippen molar-refractivity contribution >= 4 is 37.8 Å². The molecule has 0 bridgehead atoms. The van der Waals surface area contributed by atoms with Crippen molar-refractivity contribution in [1.29, 1.82) is 0 Å². The summed E-state index contributed by atoms with van der Waals surface area (Å²) in [7, 11) is 0. The Morgan fingerprint density at radius 3 is 2.35 bits per heavy atom. The van der Waals surface area contributed by atoms with Gasteiger partial charge in [0.2, 0.25) is 0 Å². The van der Waals surface area contributed by atoms with E-state index in [2.05, 4.69) is 37.2 Å². The fraction of sp³-hybridized carbons (Fsp3) is 0.133. The van der Waals surface area contributed by atoms with Crippen molar-refractivity contribution in [1.82, 2.24) is 5.32 Å². The molecule has 5 heteroatoms. The van der Waals surface area contributed by atoms with Gasteiger partial charge in [-0.05, 0) is 39.2 Å². The van der Waals surface area contributed by atoms with Crippen LogP contribution in [0.25, 0.3) is 0 Å². The van der Waals surface area contributed by atoms with E-state index in [1.54, 1.807) is 12.1 Å². The second-order valence-corrected chi connectivity index (χ2v) is 5.64. The van der Waals surface area contributed by atoms with Crippen LogP contribution < -0.4 is 5.32 Å². The zero-order chi connectivity index (χ0) is 14.5. The predicted octanol–water partition coefficient (Wildman–Crippen LogP) is 4.41. The molecular formula is C15H12Br2FNO. The Bertz CT molecular complexity index is 594. The third-order valence-corrected chi connectivity index (χ3v) is 4.13. The van der Waals surface area contributed by atoms with Crippen LogP contribution in [-0.2, 0) is 11.9 Å². The number of amides is 1. The van der Waals surface area contributed by atoms with Gasteiger partial charge in [0, 0.05) is 16.3 Å². The number of alkyl halides is 1. The average molecular weight is 401 g/mol. The molecule has 2 nitrogen and oxygen atoms in total. The molecule has 2 aromatic carbocycles. The molecule has 104 valence electrons. The molecule has 0 radical (unpaired) electrons. The van der Waals surface area contributed by atoms with Crippen molar-refractivity contribution in [2.75, 3.05) is 0 Å². The smallest absolute Gasteiger partial charge is 0.255 e. The molecule has 0 saturated carbocycles. The highest BCUT2D eigenvalue weighted by atomic mass is 79.9. The molecule has 0 saturated heterocycles. The lowest BCUT2D eigenvalue weighted by molar-refractivity contribution is 0.0946. The molecular weight excluding hydrogens is 389 g/mol. The fourth-order valence-corrected chi connectivity index (χ4v) is 2.63. The van der Waals surface area contributed by atoms with Crippen LogP contribution in [0.1, 0.15) is 21.5 Å². The zero-order valence-electron chi connectivity index (χ0n) is 10.5. The Morgan fingerprint density at radius 1 is 1.10 bits per heavy atom. The number of hydrogen-bond acceptors (Lipinski definition) is 1. The second kappa shape index (κ2) is 6.99. The quantitative estimate of drug-likeness (QED) is 0.756. The maximum atomic E-state index is 13.6. The van der Waals surface area contributed by atoms with E-state index in [4.69, 9.17) is 0 Å². The molecule has 0 aliphatic heterocycles. The van der Waals surface area contributed by atoms with Gasteiger partial charge < -0.3 is 5.32 Å². The molecule has 1 amide bonds. The Kier molecular flexibility index (Phi) is 5.31. The van der Waals surface area contributed by atoms with Gasteiger partial charge in [-0.1, -0.05) is 46.3 Å². The minimum atomic E-state index is -0.536. The number of rotatable bonds is 4. The molecule has 0 aliphatic rings. The molecule has 2 rings (SSSR count). The van der Waals surface area contributed by atoms with Crippen molar-refractivity contribution in [3.05, 3.63) is 69.4 Å². The largest absolute Gasteiger partial charge is 0.348 e. The van der Waals surface area contributed by atoms with Crippen LogP contribution in [0.3, 0.4) is 0 Å². The van der Waals surface area contributed by atoms with E-state index in [0.717, 1.165) is 16.5 Å². The summed E-state index contributed by atoms with van der Waals surface area (Å²) in [5, 5.41) is 3.51. The molecule has 0 atom stereocenters. The lowest BCUT2D eigenvalue weighted by Gasteiger charge is -2.08. The van der Waals surface area contributed by atoms with Gasteiger partial charge in [0.05, 0.1) is 5.56 Å². The van der Waals surface area contributed by atoms with Gasteiger partial charge in [0.25, 0.3) is 5.91 Å². The molecule has 0 fully saturated rings. The van der Waals surface area contributed by atoms with E-state index in [0.29, 0.717) is 11.0 Å². The molecule has 2 aromatic rings. The van der Waals surface area contributed by atoms with Crippen LogP contribution in [0.2, 0.25) is 0 Å². The summed E-state index contributed by atoms with van der Waals surface area (Å²) >= 11 is 6.56. The number of benzene rings is 2. The predicted molar refractivity (Wildman–Crippen MR) is 84.3 cm³/mol. The van der Waals surface area contributed by atoms with E-state index in [1.807, 2.05) is 24.3 Å². The number of hydrogen-bond donors (Lipinski definition) is 1. The summed E-state index contributed by atoms with van der Waals surface area (Å²) in [6, 6.07) is 12.3. The second-order valence-electron chi connectivity index (χ2n) is 4.23. The Labute approximate surface area is 133 Å². The highest BCUT2D eigenvalue weighted by Gasteiger charge is 2.14. The summed E-state index contributed by atoms with van der Waals surface area (Å²) in [6.45, 7) is 0.363. The molecule has 0 spiro atoms. The third kappa shape index (κ3) is 3.67. The van der Waals surface area contributed by atoms with Crippen molar-refractivity contribution in [2.45, 2.75) is 11.9 Å². The maximum Gasteiger partial charge on any atom is 0.255 e. The standard InChI is InChI=1S/C15H12Br2FNO/c16-8-10-4-6-11(7-5-10)9-19-15(20)14-12(17)2-1-3-13(14)18/h1-7H,8-9H2,(H,19,20). The zero-order valence-corrected chi connectivity index (χ0v) is 13.7. The Balaban J connectivity index is 2.05. The first-order chi connectivity index (χ1) is 9.61. The van der Waals surface area contributed by atoms with Crippen molar-refractivity contribution in [3.63, 3.8) is 0 Å². The topological polar surface area (TPSA) is 29.1 Å². The first-order valence-electron chi connectivity index (χ1n) is 5.98. The highest BCUT2D eigenvalue weighted by molar-refractivity contribution is 9.10. The summed E-state index contributed by atoms with van der Waals surface area (Å²) in [6.07, 6.45) is 0. The van der Waals surface area contributed by atoms with Crippen LogP contribution >= 0.6 is 31.9 Å². The summed E-state index contributed by atoms with van der Waals surface area (Å²) < 4.78 is 14.1. The number of carbonyl (C=O) groups excluding carboxylic acids is 1. The van der Waals surface area contributed by atoms with Gasteiger partial charge in [-0.3, -0.25) is 4.79 Å². The number of nitrogens with one attached hydrogen (secondary N) is 1. The van der Waals surface area contributed by atoms with Crippen molar-refractivity contribution in [2.24, 2.45) is 0 Å². The van der Waals surface area contributed by atoms with E-state index in [1.165, 1.54) is 6.07 Å². The van der Waals surface area contributed by atoms with Crippen molar-refractivity contribution in [3.8, 4) is 0 Å². The van der Waals surface area contributed by atoms with Gasteiger partial charge in [-0.15, -0.1) is 0 Å². The van der Waals surface area contributed by atoms with Gasteiger partial charge in [0.15, 0.2) is 0 Å². The Hall–Kier alpha value is -1.20. The van der Waals surface area contributed by atoms with Gasteiger partial charge >= 0.3 is 0 Å². The van der Waals surface area contributed by atoms with E-state index in [9.17, 15) is 9.18 Å². The third-order valence-electron chi connectivity index (χ3n) is 2.82. The maximum absolute atomic E-state index is 13.6. The van der Waals surface area contributed by atoms with Gasteiger partial charge in [-0.25, -0.2) is 4.39 Å². The van der Waals surface area contributed by atoms with Crippen LogP contribution in [0.5, 0.6) is 0 Å². The lowest BCUT2D eigenvalue weighted by Crippen LogP contribution is -2.24. The normalized spacial score (nSPS) is 10.3. The molecule has 0 heterocycles. The minimum absolute atomic E-state index is 0.0320. The first kappa shape index (κ1) is 15.2. The molecule has 1 N–H and O–H groups in total. The minimum Gasteiger partial charge on any atom is -0.348 e. The highest BCUT2D eigenvalue weighted by Crippen LogP contribution is 2.19. The van der Waals surface area contributed by atoms with E-state index in [-0.39, 0.29) is 5.56 Å². The molecule has 0 aliphatic carbocycles.